The predicted octanol–water partition coefficient (Wildman–Crippen LogP) is 4.46. The van der Waals surface area contributed by atoms with Gasteiger partial charge >= 0.3 is 0 Å². The van der Waals surface area contributed by atoms with Crippen LogP contribution >= 0.6 is 35.0 Å². The summed E-state index contributed by atoms with van der Waals surface area (Å²) in [5.74, 6) is 1.59. The Balaban J connectivity index is 1.92. The molecule has 0 unspecified atom stereocenters. The lowest BCUT2D eigenvalue weighted by atomic mass is 10.1. The van der Waals surface area contributed by atoms with Crippen molar-refractivity contribution in [1.82, 2.24) is 19.9 Å². The van der Waals surface area contributed by atoms with Gasteiger partial charge in [0.15, 0.2) is 11.0 Å². The molecule has 7 nitrogen and oxygen atoms in total. The number of benzene rings is 1. The van der Waals surface area contributed by atoms with E-state index in [1.165, 1.54) is 11.8 Å². The van der Waals surface area contributed by atoms with Gasteiger partial charge in [0.1, 0.15) is 17.0 Å². The molecule has 0 saturated carbocycles. The van der Waals surface area contributed by atoms with Gasteiger partial charge in [0.25, 0.3) is 0 Å². The molecular weight excluding hydrogens is 445 g/mol. The van der Waals surface area contributed by atoms with Crippen LogP contribution in [0.4, 0.5) is 5.82 Å². The van der Waals surface area contributed by atoms with Crippen LogP contribution in [0.15, 0.2) is 23.5 Å². The minimum atomic E-state index is 0.291. The molecule has 0 amide bonds. The van der Waals surface area contributed by atoms with Gasteiger partial charge in [-0.25, -0.2) is 15.0 Å². The van der Waals surface area contributed by atoms with Crippen LogP contribution in [-0.2, 0) is 0 Å². The van der Waals surface area contributed by atoms with E-state index >= 15 is 0 Å². The third kappa shape index (κ3) is 3.85. The molecule has 1 aromatic carbocycles. The summed E-state index contributed by atoms with van der Waals surface area (Å²) >= 11 is 14.7. The summed E-state index contributed by atoms with van der Waals surface area (Å²) < 4.78 is 10.8. The average Bonchev–Trinajstić information content (AvgIpc) is 2.72. The molecule has 0 atom stereocenters. The van der Waals surface area contributed by atoms with Gasteiger partial charge in [-0.3, -0.25) is 0 Å². The maximum atomic E-state index is 6.63. The van der Waals surface area contributed by atoms with Gasteiger partial charge in [-0.1, -0.05) is 35.0 Å². The van der Waals surface area contributed by atoms with Crippen LogP contribution in [0.5, 0.6) is 11.5 Å². The summed E-state index contributed by atoms with van der Waals surface area (Å²) in [6.45, 7) is 1.87. The maximum absolute atomic E-state index is 6.63. The monoisotopic (exact) mass is 465 g/mol. The Kier molecular flexibility index (Phi) is 6.11. The topological polar surface area (TPSA) is 72.4 Å². The van der Waals surface area contributed by atoms with Crippen molar-refractivity contribution < 1.29 is 9.47 Å². The Morgan fingerprint density at radius 3 is 2.33 bits per heavy atom. The van der Waals surface area contributed by atoms with Gasteiger partial charge in [-0.2, -0.15) is 0 Å². The van der Waals surface area contributed by atoms with Gasteiger partial charge in [0.05, 0.1) is 36.0 Å². The van der Waals surface area contributed by atoms with Gasteiger partial charge in [0.2, 0.25) is 0 Å². The summed E-state index contributed by atoms with van der Waals surface area (Å²) in [5.41, 5.74) is 1.89. The number of hydrogen-bond acceptors (Lipinski definition) is 8. The van der Waals surface area contributed by atoms with Gasteiger partial charge in [-0.15, -0.1) is 0 Å². The Bertz CT molecular complexity index is 1080. The molecule has 0 bridgehead atoms. The molecule has 158 valence electrons. The molecule has 1 aliphatic rings. The SMILES string of the molecule is COc1cc(OC)c(Cl)c(-c2cc3cnc(SC)nc3c(NC3CN(C)C3)n2)c1Cl. The number of aromatic nitrogens is 3. The van der Waals surface area contributed by atoms with Crippen molar-refractivity contribution in [3.05, 3.63) is 28.4 Å². The zero-order valence-corrected chi connectivity index (χ0v) is 19.3. The standard InChI is InChI=1S/C20H21Cl2N5O2S/c1-27-8-11(9-27)24-19-18-10(7-23-20(26-18)30-4)5-12(25-19)15-16(21)13(28-2)6-14(29-3)17(15)22/h5-7,11H,8-9H2,1-4H3,(H,24,25). The number of nitrogens with zero attached hydrogens (tertiary/aromatic N) is 4. The van der Waals surface area contributed by atoms with Crippen LogP contribution in [0, 0.1) is 0 Å². The second kappa shape index (κ2) is 8.63. The van der Waals surface area contributed by atoms with Crippen molar-refractivity contribution in [3.8, 4) is 22.8 Å². The molecule has 1 N–H and O–H groups in total. The fourth-order valence-corrected chi connectivity index (χ4v) is 4.48. The van der Waals surface area contributed by atoms with Crippen LogP contribution in [0.3, 0.4) is 0 Å². The third-order valence-corrected chi connectivity index (χ3v) is 6.27. The summed E-state index contributed by atoms with van der Waals surface area (Å²) in [5, 5.41) is 5.76. The number of anilines is 1. The highest BCUT2D eigenvalue weighted by atomic mass is 35.5. The van der Waals surface area contributed by atoms with Gasteiger partial charge < -0.3 is 19.7 Å². The number of fused-ring (bicyclic) bond motifs is 1. The molecule has 2 aromatic heterocycles. The number of nitrogens with one attached hydrogen (secondary N) is 1. The molecule has 0 aliphatic carbocycles. The van der Waals surface area contributed by atoms with Crippen LogP contribution in [0.2, 0.25) is 10.0 Å². The fourth-order valence-electron chi connectivity index (χ4n) is 3.44. The van der Waals surface area contributed by atoms with E-state index in [1.54, 1.807) is 26.5 Å². The molecule has 1 saturated heterocycles. The first kappa shape index (κ1) is 21.2. The first-order valence-electron chi connectivity index (χ1n) is 9.22. The molecule has 10 heteroatoms. The molecule has 0 radical (unpaired) electrons. The van der Waals surface area contributed by atoms with E-state index in [4.69, 9.17) is 37.7 Å². The number of pyridine rings is 1. The van der Waals surface area contributed by atoms with E-state index < -0.39 is 0 Å². The van der Waals surface area contributed by atoms with Crippen molar-refractivity contribution in [1.29, 1.82) is 0 Å². The van der Waals surface area contributed by atoms with Gasteiger partial charge in [0, 0.05) is 36.3 Å². The van der Waals surface area contributed by atoms with Crippen molar-refractivity contribution >= 4 is 51.7 Å². The van der Waals surface area contributed by atoms with Crippen molar-refractivity contribution in [2.45, 2.75) is 11.2 Å². The van der Waals surface area contributed by atoms with E-state index in [1.807, 2.05) is 12.3 Å². The number of hydrogen-bond donors (Lipinski definition) is 1. The number of rotatable bonds is 6. The number of ether oxygens (including phenoxy) is 2. The molecule has 4 rings (SSSR count). The van der Waals surface area contributed by atoms with Crippen LogP contribution < -0.4 is 14.8 Å². The highest BCUT2D eigenvalue weighted by Crippen LogP contribution is 2.46. The number of thioether (sulfide) groups is 1. The first-order chi connectivity index (χ1) is 14.4. The summed E-state index contributed by atoms with van der Waals surface area (Å²) in [6.07, 6.45) is 3.73. The van der Waals surface area contributed by atoms with Crippen LogP contribution in [-0.4, -0.2) is 66.5 Å². The highest BCUT2D eigenvalue weighted by molar-refractivity contribution is 7.98. The zero-order valence-electron chi connectivity index (χ0n) is 17.0. The van der Waals surface area contributed by atoms with E-state index in [9.17, 15) is 0 Å². The predicted molar refractivity (Wildman–Crippen MR) is 123 cm³/mol. The lowest BCUT2D eigenvalue weighted by molar-refractivity contribution is 0.205. The van der Waals surface area contributed by atoms with E-state index in [0.29, 0.717) is 49.8 Å². The molecule has 0 spiro atoms. The number of likely N-dealkylation sites (N-methyl/N-ethyl adjacent to an activating group) is 1. The fraction of sp³-hybridized carbons (Fsp3) is 0.350. The van der Waals surface area contributed by atoms with E-state index in [0.717, 1.165) is 24.0 Å². The second-order valence-corrected chi connectivity index (χ2v) is 8.53. The lowest BCUT2D eigenvalue weighted by Crippen LogP contribution is -2.52. The zero-order chi connectivity index (χ0) is 21.4. The quantitative estimate of drug-likeness (QED) is 0.422. The maximum Gasteiger partial charge on any atom is 0.187 e. The first-order valence-corrected chi connectivity index (χ1v) is 11.2. The Labute approximate surface area is 189 Å². The molecule has 30 heavy (non-hydrogen) atoms. The summed E-state index contributed by atoms with van der Waals surface area (Å²) in [4.78, 5) is 16.2. The largest absolute Gasteiger partial charge is 0.495 e. The van der Waals surface area contributed by atoms with Crippen LogP contribution in [0.1, 0.15) is 0 Å². The highest BCUT2D eigenvalue weighted by Gasteiger charge is 2.26. The Morgan fingerprint density at radius 1 is 1.10 bits per heavy atom. The summed E-state index contributed by atoms with van der Waals surface area (Å²) in [6, 6.07) is 3.83. The number of methoxy groups -OCH3 is 2. The van der Waals surface area contributed by atoms with E-state index in [2.05, 4.69) is 27.2 Å². The lowest BCUT2D eigenvalue weighted by Gasteiger charge is -2.37. The third-order valence-electron chi connectivity index (χ3n) is 4.96. The molecule has 1 aliphatic heterocycles. The number of halogens is 2. The molecule has 1 fully saturated rings. The second-order valence-electron chi connectivity index (χ2n) is 7.00. The molecule has 3 heterocycles. The minimum Gasteiger partial charge on any atom is -0.495 e. The van der Waals surface area contributed by atoms with Crippen molar-refractivity contribution in [3.63, 3.8) is 0 Å². The average molecular weight is 466 g/mol. The van der Waals surface area contributed by atoms with Crippen molar-refractivity contribution in [2.75, 3.05) is 45.9 Å². The number of likely N-dealkylation sites (tertiary alicyclic amines) is 1. The molecular formula is C20H21Cl2N5O2S. The van der Waals surface area contributed by atoms with Crippen LogP contribution in [0.25, 0.3) is 22.2 Å². The molecule has 3 aromatic rings. The Hall–Kier alpha value is -2.00. The van der Waals surface area contributed by atoms with Crippen molar-refractivity contribution in [2.24, 2.45) is 0 Å². The summed E-state index contributed by atoms with van der Waals surface area (Å²) in [7, 11) is 5.17. The van der Waals surface area contributed by atoms with Gasteiger partial charge in [-0.05, 0) is 19.4 Å². The van der Waals surface area contributed by atoms with E-state index in [-0.39, 0.29) is 0 Å². The smallest absolute Gasteiger partial charge is 0.187 e. The normalized spacial score (nSPS) is 14.6. The Morgan fingerprint density at radius 2 is 1.77 bits per heavy atom. The minimum absolute atomic E-state index is 0.291.